The number of carbonyl (C=O) groups excluding carboxylic acids is 1. The number of rotatable bonds is 3. The first-order valence-corrected chi connectivity index (χ1v) is 10.6. The molecule has 0 unspecified atom stereocenters. The van der Waals surface area contributed by atoms with Crippen molar-refractivity contribution in [3.8, 4) is 0 Å². The molecule has 11 heteroatoms. The molecular formula is C16H24N6O4S. The Kier molecular flexibility index (Phi) is 4.98. The van der Waals surface area contributed by atoms with Crippen LogP contribution in [0.1, 0.15) is 33.6 Å². The molecule has 1 aliphatic rings. The third-order valence-corrected chi connectivity index (χ3v) is 4.89. The molecule has 0 aromatic carbocycles. The number of fused-ring (bicyclic) bond motifs is 1. The summed E-state index contributed by atoms with van der Waals surface area (Å²) >= 11 is 0. The molecule has 0 bridgehead atoms. The second kappa shape index (κ2) is 6.95. The van der Waals surface area contributed by atoms with Gasteiger partial charge in [0, 0.05) is 37.8 Å². The van der Waals surface area contributed by atoms with Crippen LogP contribution in [0.5, 0.6) is 0 Å². The Morgan fingerprint density at radius 3 is 2.56 bits per heavy atom. The van der Waals surface area contributed by atoms with Crippen LogP contribution in [0.3, 0.4) is 0 Å². The molecule has 2 aromatic heterocycles. The van der Waals surface area contributed by atoms with Crippen molar-refractivity contribution in [3.63, 3.8) is 0 Å². The Bertz CT molecular complexity index is 941. The molecule has 148 valence electrons. The average molecular weight is 396 g/mol. The minimum absolute atomic E-state index is 0.0338. The monoisotopic (exact) mass is 396 g/mol. The van der Waals surface area contributed by atoms with E-state index in [0.29, 0.717) is 37.4 Å². The molecule has 0 spiro atoms. The number of anilines is 1. The van der Waals surface area contributed by atoms with Gasteiger partial charge in [0.25, 0.3) is 5.16 Å². The summed E-state index contributed by atoms with van der Waals surface area (Å²) < 4.78 is 30.4. The molecule has 0 saturated carbocycles. The summed E-state index contributed by atoms with van der Waals surface area (Å²) in [6, 6.07) is 0.0338. The predicted molar refractivity (Wildman–Crippen MR) is 98.3 cm³/mol. The third-order valence-electron chi connectivity index (χ3n) is 4.05. The number of carbonyl (C=O) groups is 1. The average Bonchev–Trinajstić information content (AvgIpc) is 3.02. The van der Waals surface area contributed by atoms with E-state index in [1.807, 2.05) is 20.8 Å². The Morgan fingerprint density at radius 1 is 1.30 bits per heavy atom. The topological polar surface area (TPSA) is 119 Å². The van der Waals surface area contributed by atoms with Crippen molar-refractivity contribution in [2.75, 3.05) is 24.7 Å². The number of amides is 1. The van der Waals surface area contributed by atoms with E-state index in [-0.39, 0.29) is 17.3 Å². The highest BCUT2D eigenvalue weighted by Crippen LogP contribution is 2.21. The van der Waals surface area contributed by atoms with Gasteiger partial charge in [0.05, 0.1) is 0 Å². The van der Waals surface area contributed by atoms with Gasteiger partial charge in [0.1, 0.15) is 5.60 Å². The zero-order valence-corrected chi connectivity index (χ0v) is 16.7. The molecule has 2 aromatic rings. The quantitative estimate of drug-likeness (QED) is 0.825. The summed E-state index contributed by atoms with van der Waals surface area (Å²) in [5.74, 6) is 0.367. The highest BCUT2D eigenvalue weighted by atomic mass is 32.2. The fourth-order valence-electron chi connectivity index (χ4n) is 2.79. The molecule has 1 amide bonds. The van der Waals surface area contributed by atoms with Gasteiger partial charge in [0.2, 0.25) is 9.84 Å². The van der Waals surface area contributed by atoms with Gasteiger partial charge in [-0.15, -0.1) is 5.10 Å². The minimum Gasteiger partial charge on any atom is -0.444 e. The number of sulfone groups is 1. The number of likely N-dealkylation sites (tertiary alicyclic amines) is 1. The van der Waals surface area contributed by atoms with Gasteiger partial charge >= 0.3 is 6.09 Å². The summed E-state index contributed by atoms with van der Waals surface area (Å²) in [6.45, 7) is 6.60. The Labute approximate surface area is 157 Å². The first-order chi connectivity index (χ1) is 12.5. The molecule has 27 heavy (non-hydrogen) atoms. The van der Waals surface area contributed by atoms with Gasteiger partial charge in [-0.2, -0.15) is 4.98 Å². The molecule has 1 N–H and O–H groups in total. The molecule has 3 rings (SSSR count). The van der Waals surface area contributed by atoms with Crippen LogP contribution in [-0.4, -0.2) is 70.0 Å². The minimum atomic E-state index is -3.55. The molecule has 0 radical (unpaired) electrons. The maximum atomic E-state index is 12.2. The van der Waals surface area contributed by atoms with Crippen LogP contribution in [-0.2, 0) is 14.6 Å². The van der Waals surface area contributed by atoms with Crippen molar-refractivity contribution < 1.29 is 17.9 Å². The highest BCUT2D eigenvalue weighted by molar-refractivity contribution is 7.90. The molecule has 1 fully saturated rings. The first kappa shape index (κ1) is 19.3. The van der Waals surface area contributed by atoms with Crippen molar-refractivity contribution in [3.05, 3.63) is 12.4 Å². The summed E-state index contributed by atoms with van der Waals surface area (Å²) in [6.07, 6.45) is 5.22. The van der Waals surface area contributed by atoms with E-state index >= 15 is 0 Å². The van der Waals surface area contributed by atoms with Crippen LogP contribution in [0.25, 0.3) is 5.65 Å². The van der Waals surface area contributed by atoms with Crippen molar-refractivity contribution in [2.24, 2.45) is 0 Å². The van der Waals surface area contributed by atoms with Crippen molar-refractivity contribution >= 4 is 27.4 Å². The van der Waals surface area contributed by atoms with Gasteiger partial charge in [-0.3, -0.25) is 0 Å². The van der Waals surface area contributed by atoms with Gasteiger partial charge < -0.3 is 15.0 Å². The number of piperidine rings is 1. The molecular weight excluding hydrogens is 372 g/mol. The van der Waals surface area contributed by atoms with E-state index in [4.69, 9.17) is 4.74 Å². The van der Waals surface area contributed by atoms with Crippen LogP contribution >= 0.6 is 0 Å². The van der Waals surface area contributed by atoms with E-state index in [0.717, 1.165) is 6.26 Å². The summed E-state index contributed by atoms with van der Waals surface area (Å²) in [5, 5.41) is 6.97. The molecule has 1 aliphatic heterocycles. The molecule has 0 aliphatic carbocycles. The Morgan fingerprint density at radius 2 is 1.96 bits per heavy atom. The summed E-state index contributed by atoms with van der Waals surface area (Å²) in [4.78, 5) is 22.2. The molecule has 3 heterocycles. The van der Waals surface area contributed by atoms with E-state index < -0.39 is 15.4 Å². The lowest BCUT2D eigenvalue weighted by Crippen LogP contribution is -2.44. The number of nitrogens with zero attached hydrogens (tertiary/aromatic N) is 5. The van der Waals surface area contributed by atoms with Crippen LogP contribution in [0, 0.1) is 0 Å². The van der Waals surface area contributed by atoms with Crippen molar-refractivity contribution in [1.29, 1.82) is 0 Å². The van der Waals surface area contributed by atoms with E-state index in [1.54, 1.807) is 11.1 Å². The maximum Gasteiger partial charge on any atom is 0.410 e. The lowest BCUT2D eigenvalue weighted by Gasteiger charge is -2.33. The largest absolute Gasteiger partial charge is 0.444 e. The third kappa shape index (κ3) is 4.65. The fraction of sp³-hybridized carbons (Fsp3) is 0.625. The predicted octanol–water partition coefficient (Wildman–Crippen LogP) is 1.34. The highest BCUT2D eigenvalue weighted by Gasteiger charge is 2.27. The number of hydrogen-bond acceptors (Lipinski definition) is 8. The van der Waals surface area contributed by atoms with Crippen LogP contribution in [0.4, 0.5) is 10.6 Å². The second-order valence-corrected chi connectivity index (χ2v) is 9.51. The van der Waals surface area contributed by atoms with Gasteiger partial charge in [-0.1, -0.05) is 0 Å². The Hall–Kier alpha value is -2.43. The standard InChI is InChI=1S/C16H24N6O4S/c1-16(2,3)26-15(23)21-8-5-11(6-9-21)18-12-13-17-7-10-22(13)20-14(19-12)27(4,24)25/h7,10-11H,5-6,8-9H2,1-4H3,(H,18,19,20). The van der Waals surface area contributed by atoms with E-state index in [9.17, 15) is 13.2 Å². The van der Waals surface area contributed by atoms with E-state index in [1.165, 1.54) is 10.7 Å². The Balaban J connectivity index is 1.71. The van der Waals surface area contributed by atoms with E-state index in [2.05, 4.69) is 20.4 Å². The number of hydrogen-bond donors (Lipinski definition) is 1. The molecule has 10 nitrogen and oxygen atoms in total. The maximum absolute atomic E-state index is 12.2. The second-order valence-electron chi connectivity index (χ2n) is 7.60. The number of aromatic nitrogens is 4. The lowest BCUT2D eigenvalue weighted by molar-refractivity contribution is 0.0210. The van der Waals surface area contributed by atoms with Gasteiger partial charge in [0.15, 0.2) is 11.5 Å². The van der Waals surface area contributed by atoms with Crippen LogP contribution < -0.4 is 5.32 Å². The number of imidazole rings is 1. The van der Waals surface area contributed by atoms with Crippen molar-refractivity contribution in [1.82, 2.24) is 24.5 Å². The fourth-order valence-corrected chi connectivity index (χ4v) is 3.28. The normalized spacial score (nSPS) is 16.5. The zero-order chi connectivity index (χ0) is 19.8. The molecule has 1 saturated heterocycles. The van der Waals surface area contributed by atoms with Crippen LogP contribution in [0.15, 0.2) is 17.6 Å². The zero-order valence-electron chi connectivity index (χ0n) is 15.8. The molecule has 0 atom stereocenters. The van der Waals surface area contributed by atoms with Crippen LogP contribution in [0.2, 0.25) is 0 Å². The number of nitrogens with one attached hydrogen (secondary N) is 1. The van der Waals surface area contributed by atoms with Gasteiger partial charge in [-0.05, 0) is 33.6 Å². The first-order valence-electron chi connectivity index (χ1n) is 8.69. The van der Waals surface area contributed by atoms with Gasteiger partial charge in [-0.25, -0.2) is 22.7 Å². The number of ether oxygens (including phenoxy) is 1. The lowest BCUT2D eigenvalue weighted by atomic mass is 10.1. The smallest absolute Gasteiger partial charge is 0.410 e. The summed E-state index contributed by atoms with van der Waals surface area (Å²) in [7, 11) is -3.55. The summed E-state index contributed by atoms with van der Waals surface area (Å²) in [5.41, 5.74) is -0.0708. The van der Waals surface area contributed by atoms with Crippen molar-refractivity contribution in [2.45, 2.75) is 50.4 Å². The SMILES string of the molecule is CC(C)(C)OC(=O)N1CCC(Nc2nc(S(C)(=O)=O)nn3ccnc23)CC1.